The molecule has 1 aromatic carbocycles. The maximum Gasteiger partial charge on any atom is 0.159 e. The van der Waals surface area contributed by atoms with Gasteiger partial charge in [0.15, 0.2) is 6.29 Å². The largest absolute Gasteiger partial charge is 0.385 e. The number of ether oxygens (including phenoxy) is 2. The quantitative estimate of drug-likeness (QED) is 0.682. The minimum atomic E-state index is -0.0960. The van der Waals surface area contributed by atoms with Gasteiger partial charge in [-0.25, -0.2) is 0 Å². The fourth-order valence-corrected chi connectivity index (χ4v) is 1.91. The van der Waals surface area contributed by atoms with Gasteiger partial charge in [0.05, 0.1) is 0 Å². The Balaban J connectivity index is 2.39. The van der Waals surface area contributed by atoms with Gasteiger partial charge in [0.25, 0.3) is 0 Å². The minimum absolute atomic E-state index is 0.0960. The summed E-state index contributed by atoms with van der Waals surface area (Å²) in [5, 5.41) is 3.45. The highest BCUT2D eigenvalue weighted by Gasteiger charge is 2.07. The molecule has 18 heavy (non-hydrogen) atoms. The summed E-state index contributed by atoms with van der Waals surface area (Å²) in [6, 6.07) is 8.41. The van der Waals surface area contributed by atoms with E-state index in [-0.39, 0.29) is 6.29 Å². The summed E-state index contributed by atoms with van der Waals surface area (Å²) < 4.78 is 11.0. The normalized spacial score (nSPS) is 10.9. The lowest BCUT2D eigenvalue weighted by molar-refractivity contribution is -0.137. The molecule has 0 heterocycles. The average molecular weight is 251 g/mol. The Morgan fingerprint density at radius 2 is 1.72 bits per heavy atom. The van der Waals surface area contributed by atoms with Crippen LogP contribution in [0, 0.1) is 0 Å². The third kappa shape index (κ3) is 5.07. The van der Waals surface area contributed by atoms with Crippen molar-refractivity contribution in [2.24, 2.45) is 0 Å². The molecule has 0 aromatic heterocycles. The standard InChI is InChI=1S/C15H25NO2/c1-4-13-9-7-8-10-14(13)16-12-11-15(17-5-2)18-6-3/h7-10,15-16H,4-6,11-12H2,1-3H3. The molecule has 0 aliphatic carbocycles. The Kier molecular flexibility index (Phi) is 7.46. The maximum atomic E-state index is 5.51. The zero-order chi connectivity index (χ0) is 13.2. The van der Waals surface area contributed by atoms with Crippen LogP contribution in [0.4, 0.5) is 5.69 Å². The zero-order valence-corrected chi connectivity index (χ0v) is 11.7. The predicted molar refractivity (Wildman–Crippen MR) is 76.0 cm³/mol. The highest BCUT2D eigenvalue weighted by molar-refractivity contribution is 5.50. The summed E-state index contributed by atoms with van der Waals surface area (Å²) in [5.41, 5.74) is 2.56. The van der Waals surface area contributed by atoms with Crippen molar-refractivity contribution in [2.45, 2.75) is 39.9 Å². The van der Waals surface area contributed by atoms with E-state index in [0.29, 0.717) is 13.2 Å². The Morgan fingerprint density at radius 1 is 1.06 bits per heavy atom. The van der Waals surface area contributed by atoms with E-state index in [4.69, 9.17) is 9.47 Å². The lowest BCUT2D eigenvalue weighted by atomic mass is 10.1. The van der Waals surface area contributed by atoms with E-state index in [0.717, 1.165) is 19.4 Å². The summed E-state index contributed by atoms with van der Waals surface area (Å²) in [4.78, 5) is 0. The van der Waals surface area contributed by atoms with Crippen molar-refractivity contribution >= 4 is 5.69 Å². The Labute approximate surface area is 110 Å². The number of hydrogen-bond acceptors (Lipinski definition) is 3. The fourth-order valence-electron chi connectivity index (χ4n) is 1.91. The van der Waals surface area contributed by atoms with E-state index in [1.54, 1.807) is 0 Å². The molecule has 0 aliphatic heterocycles. The highest BCUT2D eigenvalue weighted by atomic mass is 16.7. The first-order chi connectivity index (χ1) is 8.81. The second-order valence-corrected chi connectivity index (χ2v) is 4.07. The molecule has 3 heteroatoms. The lowest BCUT2D eigenvalue weighted by Gasteiger charge is -2.18. The second kappa shape index (κ2) is 8.95. The van der Waals surface area contributed by atoms with E-state index < -0.39 is 0 Å². The van der Waals surface area contributed by atoms with Crippen LogP contribution in [0.15, 0.2) is 24.3 Å². The number of hydrogen-bond donors (Lipinski definition) is 1. The molecular weight excluding hydrogens is 226 g/mol. The van der Waals surface area contributed by atoms with E-state index in [2.05, 4.69) is 36.5 Å². The smallest absolute Gasteiger partial charge is 0.159 e. The highest BCUT2D eigenvalue weighted by Crippen LogP contribution is 2.15. The molecule has 0 aliphatic rings. The number of aryl methyl sites for hydroxylation is 1. The van der Waals surface area contributed by atoms with Crippen LogP contribution >= 0.6 is 0 Å². The van der Waals surface area contributed by atoms with Crippen LogP contribution in [0.5, 0.6) is 0 Å². The first-order valence-corrected chi connectivity index (χ1v) is 6.86. The molecule has 0 fully saturated rings. The van der Waals surface area contributed by atoms with E-state index >= 15 is 0 Å². The summed E-state index contributed by atoms with van der Waals surface area (Å²) in [5.74, 6) is 0. The predicted octanol–water partition coefficient (Wildman–Crippen LogP) is 3.45. The van der Waals surface area contributed by atoms with Gasteiger partial charge >= 0.3 is 0 Å². The van der Waals surface area contributed by atoms with Crippen LogP contribution in [0.1, 0.15) is 32.8 Å². The van der Waals surface area contributed by atoms with Gasteiger partial charge in [-0.2, -0.15) is 0 Å². The van der Waals surface area contributed by atoms with Crippen LogP contribution in [0.25, 0.3) is 0 Å². The van der Waals surface area contributed by atoms with Crippen molar-refractivity contribution in [3.8, 4) is 0 Å². The van der Waals surface area contributed by atoms with Crippen molar-refractivity contribution in [3.63, 3.8) is 0 Å². The van der Waals surface area contributed by atoms with Gasteiger partial charge in [-0.1, -0.05) is 25.1 Å². The molecule has 0 radical (unpaired) electrons. The molecule has 102 valence electrons. The molecule has 0 saturated heterocycles. The molecule has 1 aromatic rings. The monoisotopic (exact) mass is 251 g/mol. The summed E-state index contributed by atoms with van der Waals surface area (Å²) in [6.07, 6.45) is 1.81. The van der Waals surface area contributed by atoms with Crippen molar-refractivity contribution in [2.75, 3.05) is 25.1 Å². The van der Waals surface area contributed by atoms with Gasteiger partial charge in [-0.15, -0.1) is 0 Å². The van der Waals surface area contributed by atoms with Crippen molar-refractivity contribution in [3.05, 3.63) is 29.8 Å². The number of anilines is 1. The molecule has 1 rings (SSSR count). The van der Waals surface area contributed by atoms with Crippen molar-refractivity contribution < 1.29 is 9.47 Å². The second-order valence-electron chi connectivity index (χ2n) is 4.07. The molecule has 0 unspecified atom stereocenters. The SMILES string of the molecule is CCOC(CCNc1ccccc1CC)OCC. The molecule has 0 amide bonds. The number of rotatable bonds is 9. The van der Waals surface area contributed by atoms with E-state index in [9.17, 15) is 0 Å². The van der Waals surface area contributed by atoms with Gasteiger partial charge < -0.3 is 14.8 Å². The third-order valence-electron chi connectivity index (χ3n) is 2.80. The molecular formula is C15H25NO2. The van der Waals surface area contributed by atoms with E-state index in [1.165, 1.54) is 11.3 Å². The number of nitrogens with one attached hydrogen (secondary N) is 1. The van der Waals surface area contributed by atoms with Crippen LogP contribution in [-0.4, -0.2) is 26.0 Å². The maximum absolute atomic E-state index is 5.51. The fraction of sp³-hybridized carbons (Fsp3) is 0.600. The Hall–Kier alpha value is -1.06. The zero-order valence-electron chi connectivity index (χ0n) is 11.7. The Morgan fingerprint density at radius 3 is 2.33 bits per heavy atom. The van der Waals surface area contributed by atoms with Crippen LogP contribution in [-0.2, 0) is 15.9 Å². The molecule has 0 saturated carbocycles. The molecule has 1 N–H and O–H groups in total. The van der Waals surface area contributed by atoms with Gasteiger partial charge in [0.1, 0.15) is 0 Å². The topological polar surface area (TPSA) is 30.5 Å². The van der Waals surface area contributed by atoms with Crippen molar-refractivity contribution in [1.29, 1.82) is 0 Å². The van der Waals surface area contributed by atoms with Crippen LogP contribution in [0.2, 0.25) is 0 Å². The van der Waals surface area contributed by atoms with Gasteiger partial charge in [0, 0.05) is 31.9 Å². The summed E-state index contributed by atoms with van der Waals surface area (Å²) >= 11 is 0. The van der Waals surface area contributed by atoms with Gasteiger partial charge in [0.2, 0.25) is 0 Å². The molecule has 3 nitrogen and oxygen atoms in total. The first-order valence-electron chi connectivity index (χ1n) is 6.86. The molecule has 0 bridgehead atoms. The Bertz CT molecular complexity index is 322. The minimum Gasteiger partial charge on any atom is -0.385 e. The van der Waals surface area contributed by atoms with Crippen LogP contribution < -0.4 is 5.32 Å². The van der Waals surface area contributed by atoms with Gasteiger partial charge in [-0.3, -0.25) is 0 Å². The van der Waals surface area contributed by atoms with E-state index in [1.807, 2.05) is 13.8 Å². The molecule has 0 spiro atoms. The average Bonchev–Trinajstić information content (AvgIpc) is 2.40. The third-order valence-corrected chi connectivity index (χ3v) is 2.80. The number of benzene rings is 1. The lowest BCUT2D eigenvalue weighted by Crippen LogP contribution is -2.21. The first kappa shape index (κ1) is 15.0. The molecule has 0 atom stereocenters. The summed E-state index contributed by atoms with van der Waals surface area (Å²) in [6.45, 7) is 8.40. The number of para-hydroxylation sites is 1. The summed E-state index contributed by atoms with van der Waals surface area (Å²) in [7, 11) is 0. The van der Waals surface area contributed by atoms with Crippen molar-refractivity contribution in [1.82, 2.24) is 0 Å². The van der Waals surface area contributed by atoms with Crippen LogP contribution in [0.3, 0.4) is 0 Å². The van der Waals surface area contributed by atoms with Gasteiger partial charge in [-0.05, 0) is 31.9 Å².